The Hall–Kier alpha value is -4.32. The molecule has 0 fully saturated rings. The Morgan fingerprint density at radius 2 is 1.14 bits per heavy atom. The monoisotopic (exact) mass is 482 g/mol. The van der Waals surface area contributed by atoms with Gasteiger partial charge in [0.15, 0.2) is 0 Å². The summed E-state index contributed by atoms with van der Waals surface area (Å²) in [7, 11) is 0. The fourth-order valence-corrected chi connectivity index (χ4v) is 4.68. The van der Waals surface area contributed by atoms with Crippen molar-refractivity contribution in [3.63, 3.8) is 0 Å². The third kappa shape index (κ3) is 3.85. The van der Waals surface area contributed by atoms with Gasteiger partial charge in [0.2, 0.25) is 0 Å². The molecule has 0 spiro atoms. The summed E-state index contributed by atoms with van der Waals surface area (Å²) in [6.45, 7) is 5.88. The predicted octanol–water partition coefficient (Wildman–Crippen LogP) is 5.92. The maximum Gasteiger partial charge on any atom is 0.344 e. The standard InChI is InChI=1S/C30H26O6/c1-4-17-8-12-22-20(14-17)27(31)25(29(33)35-22)24(19-10-6-16(3)7-11-19)26-28(32)21-15-18(5-2)9-13-23(21)36-30(26)34/h6-15,24,31-32H,4-5H2,1-3H3. The highest BCUT2D eigenvalue weighted by atomic mass is 16.4. The smallest absolute Gasteiger partial charge is 0.344 e. The summed E-state index contributed by atoms with van der Waals surface area (Å²) in [4.78, 5) is 26.6. The zero-order chi connectivity index (χ0) is 25.6. The van der Waals surface area contributed by atoms with Gasteiger partial charge in [-0.2, -0.15) is 0 Å². The van der Waals surface area contributed by atoms with Gasteiger partial charge in [0.25, 0.3) is 0 Å². The number of hydrogen-bond acceptors (Lipinski definition) is 6. The molecule has 2 heterocycles. The highest BCUT2D eigenvalue weighted by molar-refractivity contribution is 5.87. The molecule has 0 bridgehead atoms. The minimum Gasteiger partial charge on any atom is -0.507 e. The van der Waals surface area contributed by atoms with Crippen molar-refractivity contribution in [3.8, 4) is 11.5 Å². The van der Waals surface area contributed by atoms with Gasteiger partial charge in [0, 0.05) is 0 Å². The van der Waals surface area contributed by atoms with Crippen LogP contribution in [0.2, 0.25) is 0 Å². The van der Waals surface area contributed by atoms with Crippen LogP contribution < -0.4 is 11.3 Å². The van der Waals surface area contributed by atoms with Gasteiger partial charge >= 0.3 is 11.3 Å². The van der Waals surface area contributed by atoms with Crippen molar-refractivity contribution in [2.45, 2.75) is 39.5 Å². The Kier molecular flexibility index (Phi) is 5.88. The normalized spacial score (nSPS) is 11.6. The Bertz CT molecular complexity index is 1620. The molecule has 2 N–H and O–H groups in total. The van der Waals surface area contributed by atoms with Crippen molar-refractivity contribution >= 4 is 21.9 Å². The lowest BCUT2D eigenvalue weighted by molar-refractivity contribution is 0.441. The highest BCUT2D eigenvalue weighted by Gasteiger charge is 2.32. The molecule has 0 unspecified atom stereocenters. The zero-order valence-electron chi connectivity index (χ0n) is 20.3. The van der Waals surface area contributed by atoms with Crippen LogP contribution in [0, 0.1) is 6.92 Å². The number of rotatable bonds is 5. The van der Waals surface area contributed by atoms with Gasteiger partial charge in [-0.3, -0.25) is 0 Å². The molecule has 2 aromatic heterocycles. The molecule has 6 heteroatoms. The van der Waals surface area contributed by atoms with Crippen LogP contribution in [-0.2, 0) is 12.8 Å². The van der Waals surface area contributed by atoms with Crippen molar-refractivity contribution in [2.75, 3.05) is 0 Å². The van der Waals surface area contributed by atoms with E-state index in [0.717, 1.165) is 29.5 Å². The summed E-state index contributed by atoms with van der Waals surface area (Å²) in [6, 6.07) is 17.7. The second-order valence-electron chi connectivity index (χ2n) is 9.02. The van der Waals surface area contributed by atoms with Crippen molar-refractivity contribution in [3.05, 3.63) is 115 Å². The van der Waals surface area contributed by atoms with Crippen LogP contribution in [0.1, 0.15) is 53.1 Å². The lowest BCUT2D eigenvalue weighted by atomic mass is 9.84. The molecule has 0 aliphatic carbocycles. The first-order chi connectivity index (χ1) is 17.3. The largest absolute Gasteiger partial charge is 0.507 e. The first-order valence-corrected chi connectivity index (χ1v) is 12.0. The summed E-state index contributed by atoms with van der Waals surface area (Å²) in [5.41, 5.74) is 2.03. The van der Waals surface area contributed by atoms with E-state index in [4.69, 9.17) is 8.83 Å². The molecule has 0 saturated heterocycles. The topological polar surface area (TPSA) is 101 Å². The van der Waals surface area contributed by atoms with Crippen molar-refractivity contribution < 1.29 is 19.0 Å². The number of benzene rings is 3. The van der Waals surface area contributed by atoms with Gasteiger partial charge in [-0.15, -0.1) is 0 Å². The molecule has 0 aliphatic rings. The molecule has 5 rings (SSSR count). The van der Waals surface area contributed by atoms with Gasteiger partial charge in [-0.05, 0) is 60.7 Å². The van der Waals surface area contributed by atoms with E-state index in [9.17, 15) is 19.8 Å². The van der Waals surface area contributed by atoms with Crippen LogP contribution in [0.3, 0.4) is 0 Å². The van der Waals surface area contributed by atoms with Crippen LogP contribution >= 0.6 is 0 Å². The molecule has 182 valence electrons. The number of fused-ring (bicyclic) bond motifs is 2. The molecule has 0 atom stereocenters. The number of aromatic hydroxyl groups is 2. The minimum atomic E-state index is -1.12. The van der Waals surface area contributed by atoms with Crippen LogP contribution in [0.4, 0.5) is 0 Å². The summed E-state index contributed by atoms with van der Waals surface area (Å²) in [6.07, 6.45) is 1.44. The van der Waals surface area contributed by atoms with E-state index in [0.29, 0.717) is 16.3 Å². The lowest BCUT2D eigenvalue weighted by Crippen LogP contribution is -2.21. The Balaban J connectivity index is 1.89. The van der Waals surface area contributed by atoms with Gasteiger partial charge in [-0.1, -0.05) is 55.8 Å². The predicted molar refractivity (Wildman–Crippen MR) is 139 cm³/mol. The molecule has 0 aliphatic heterocycles. The molecular formula is C30H26O6. The average molecular weight is 483 g/mol. The summed E-state index contributed by atoms with van der Waals surface area (Å²) in [5.74, 6) is -1.70. The highest BCUT2D eigenvalue weighted by Crippen LogP contribution is 2.42. The first-order valence-electron chi connectivity index (χ1n) is 12.0. The molecule has 5 aromatic rings. The Labute approximate surface area is 207 Å². The van der Waals surface area contributed by atoms with Crippen LogP contribution in [0.15, 0.2) is 79.1 Å². The quantitative estimate of drug-likeness (QED) is 0.301. The molecule has 3 aromatic carbocycles. The van der Waals surface area contributed by atoms with Crippen molar-refractivity contribution in [1.82, 2.24) is 0 Å². The Morgan fingerprint density at radius 3 is 1.56 bits per heavy atom. The van der Waals surface area contributed by atoms with E-state index in [-0.39, 0.29) is 33.8 Å². The molecule has 0 saturated carbocycles. The molecule has 36 heavy (non-hydrogen) atoms. The van der Waals surface area contributed by atoms with Gasteiger partial charge in [-0.25, -0.2) is 9.59 Å². The maximum absolute atomic E-state index is 13.3. The Morgan fingerprint density at radius 1 is 0.694 bits per heavy atom. The van der Waals surface area contributed by atoms with E-state index < -0.39 is 17.2 Å². The average Bonchev–Trinajstić information content (AvgIpc) is 2.88. The SMILES string of the molecule is CCc1ccc2oc(=O)c(C(c3ccc(C)cc3)c3c(O)c4cc(CC)ccc4oc3=O)c(O)c2c1. The summed E-state index contributed by atoms with van der Waals surface area (Å²) >= 11 is 0. The third-order valence-electron chi connectivity index (χ3n) is 6.76. The second kappa shape index (κ2) is 9.04. The molecule has 0 radical (unpaired) electrons. The second-order valence-corrected chi connectivity index (χ2v) is 9.02. The number of hydrogen-bond donors (Lipinski definition) is 2. The molecular weight excluding hydrogens is 456 g/mol. The van der Waals surface area contributed by atoms with E-state index >= 15 is 0 Å². The van der Waals surface area contributed by atoms with E-state index in [1.807, 2.05) is 45.0 Å². The van der Waals surface area contributed by atoms with E-state index in [1.54, 1.807) is 36.4 Å². The van der Waals surface area contributed by atoms with Gasteiger partial charge in [0.05, 0.1) is 27.8 Å². The summed E-state index contributed by atoms with van der Waals surface area (Å²) in [5, 5.41) is 23.5. The first kappa shape index (κ1) is 23.4. The minimum absolute atomic E-state index is 0.131. The fourth-order valence-electron chi connectivity index (χ4n) is 4.68. The van der Waals surface area contributed by atoms with Crippen molar-refractivity contribution in [2.24, 2.45) is 0 Å². The van der Waals surface area contributed by atoms with Crippen LogP contribution in [0.5, 0.6) is 11.5 Å². The van der Waals surface area contributed by atoms with Gasteiger partial charge in [0.1, 0.15) is 22.7 Å². The molecule has 6 nitrogen and oxygen atoms in total. The van der Waals surface area contributed by atoms with E-state index in [2.05, 4.69) is 0 Å². The lowest BCUT2D eigenvalue weighted by Gasteiger charge is -2.20. The molecule has 0 amide bonds. The van der Waals surface area contributed by atoms with Crippen molar-refractivity contribution in [1.29, 1.82) is 0 Å². The van der Waals surface area contributed by atoms with Crippen LogP contribution in [0.25, 0.3) is 21.9 Å². The third-order valence-corrected chi connectivity index (χ3v) is 6.76. The fraction of sp³-hybridized carbons (Fsp3) is 0.200. The van der Waals surface area contributed by atoms with Gasteiger partial charge < -0.3 is 19.0 Å². The zero-order valence-corrected chi connectivity index (χ0v) is 20.3. The summed E-state index contributed by atoms with van der Waals surface area (Å²) < 4.78 is 11.2. The van der Waals surface area contributed by atoms with E-state index in [1.165, 1.54) is 0 Å². The number of aryl methyl sites for hydroxylation is 3. The van der Waals surface area contributed by atoms with Crippen LogP contribution in [-0.4, -0.2) is 10.2 Å². The maximum atomic E-state index is 13.3.